The molecule has 0 spiro atoms. The third kappa shape index (κ3) is 3.00. The van der Waals surface area contributed by atoms with Crippen LogP contribution in [-0.2, 0) is 0 Å². The lowest BCUT2D eigenvalue weighted by molar-refractivity contribution is 0.844. The van der Waals surface area contributed by atoms with E-state index in [0.717, 1.165) is 30.3 Å². The fraction of sp³-hybridized carbons (Fsp3) is 0.353. The average molecular weight is 299 g/mol. The zero-order chi connectivity index (χ0) is 14.7. The Morgan fingerprint density at radius 1 is 1.19 bits per heavy atom. The molecule has 1 aliphatic heterocycles. The lowest BCUT2D eigenvalue weighted by Crippen LogP contribution is -2.22. The van der Waals surface area contributed by atoms with Crippen molar-refractivity contribution in [3.05, 3.63) is 48.2 Å². The quantitative estimate of drug-likeness (QED) is 0.896. The summed E-state index contributed by atoms with van der Waals surface area (Å²) in [5.41, 5.74) is 2.49. The van der Waals surface area contributed by atoms with Crippen LogP contribution in [0.15, 0.2) is 47.5 Å². The van der Waals surface area contributed by atoms with E-state index >= 15 is 0 Å². The Morgan fingerprint density at radius 3 is 2.71 bits per heavy atom. The molecule has 1 aromatic heterocycles. The predicted octanol–water partition coefficient (Wildman–Crippen LogP) is 4.19. The van der Waals surface area contributed by atoms with Crippen LogP contribution in [-0.4, -0.2) is 23.8 Å². The van der Waals surface area contributed by atoms with E-state index in [4.69, 9.17) is 0 Å². The van der Waals surface area contributed by atoms with Crippen molar-refractivity contribution in [2.45, 2.75) is 24.8 Å². The Balaban J connectivity index is 1.72. The zero-order valence-corrected chi connectivity index (χ0v) is 13.4. The van der Waals surface area contributed by atoms with Gasteiger partial charge in [-0.3, -0.25) is 0 Å². The summed E-state index contributed by atoms with van der Waals surface area (Å²) in [7, 11) is 0. The molecule has 4 heteroatoms. The second kappa shape index (κ2) is 6.39. The Morgan fingerprint density at radius 2 is 2.00 bits per heavy atom. The topological polar surface area (TPSA) is 28.2 Å². The van der Waals surface area contributed by atoms with Crippen molar-refractivity contribution in [1.82, 2.24) is 4.98 Å². The number of pyridine rings is 1. The van der Waals surface area contributed by atoms with E-state index in [1.807, 2.05) is 18.0 Å². The summed E-state index contributed by atoms with van der Waals surface area (Å²) in [6.45, 7) is 6.29. The van der Waals surface area contributed by atoms with Gasteiger partial charge in [-0.15, -0.1) is 11.8 Å². The highest BCUT2D eigenvalue weighted by Crippen LogP contribution is 2.39. The van der Waals surface area contributed by atoms with Crippen LogP contribution in [0.4, 0.5) is 11.5 Å². The number of nitrogens with zero attached hydrogens (tertiary/aromatic N) is 2. The average Bonchev–Trinajstić information content (AvgIpc) is 2.93. The summed E-state index contributed by atoms with van der Waals surface area (Å²) in [4.78, 5) is 8.22. The minimum Gasteiger partial charge on any atom is -0.376 e. The van der Waals surface area contributed by atoms with Gasteiger partial charge < -0.3 is 10.2 Å². The number of anilines is 2. The molecule has 1 aliphatic rings. The van der Waals surface area contributed by atoms with Gasteiger partial charge in [0.15, 0.2) is 0 Å². The number of nitrogens with one attached hydrogen (secondary N) is 1. The minimum absolute atomic E-state index is 0.382. The molecule has 0 bridgehead atoms. The molecular formula is C17H21N3S. The van der Waals surface area contributed by atoms with Crippen LogP contribution in [0.3, 0.4) is 0 Å². The van der Waals surface area contributed by atoms with Crippen LogP contribution in [0.1, 0.15) is 25.5 Å². The third-order valence-electron chi connectivity index (χ3n) is 3.88. The molecule has 3 nitrogen and oxygen atoms in total. The first-order valence-electron chi connectivity index (χ1n) is 7.51. The fourth-order valence-electron chi connectivity index (χ4n) is 2.69. The Kier molecular flexibility index (Phi) is 4.34. The fourth-order valence-corrected chi connectivity index (χ4v) is 3.85. The third-order valence-corrected chi connectivity index (χ3v) is 5.06. The molecule has 1 aromatic carbocycles. The van der Waals surface area contributed by atoms with Crippen molar-refractivity contribution in [3.8, 4) is 0 Å². The lowest BCUT2D eigenvalue weighted by atomic mass is 10.1. The van der Waals surface area contributed by atoms with E-state index in [9.17, 15) is 0 Å². The summed E-state index contributed by atoms with van der Waals surface area (Å²) in [5, 5.41) is 3.60. The highest BCUT2D eigenvalue weighted by atomic mass is 32.2. The largest absolute Gasteiger partial charge is 0.376 e. The van der Waals surface area contributed by atoms with Crippen LogP contribution in [0.5, 0.6) is 0 Å². The maximum atomic E-state index is 4.58. The van der Waals surface area contributed by atoms with Crippen molar-refractivity contribution >= 4 is 23.3 Å². The first-order chi connectivity index (χ1) is 10.3. The highest BCUT2D eigenvalue weighted by molar-refractivity contribution is 7.99. The molecule has 0 saturated carbocycles. The number of fused-ring (bicyclic) bond motifs is 1. The molecule has 21 heavy (non-hydrogen) atoms. The van der Waals surface area contributed by atoms with E-state index in [1.54, 1.807) is 0 Å². The molecule has 1 N–H and O–H groups in total. The van der Waals surface area contributed by atoms with Gasteiger partial charge in [0.05, 0.1) is 17.9 Å². The summed E-state index contributed by atoms with van der Waals surface area (Å²) < 4.78 is 0. The Hall–Kier alpha value is -1.68. The van der Waals surface area contributed by atoms with Crippen molar-refractivity contribution in [1.29, 1.82) is 0 Å². The molecule has 0 amide bonds. The maximum absolute atomic E-state index is 4.58. The van der Waals surface area contributed by atoms with E-state index in [0.29, 0.717) is 6.04 Å². The SMILES string of the molecule is CCN(CC)c1ccc(NC2CSc3ccccc32)cn1. The monoisotopic (exact) mass is 299 g/mol. The number of hydrogen-bond acceptors (Lipinski definition) is 4. The predicted molar refractivity (Wildman–Crippen MR) is 91.3 cm³/mol. The minimum atomic E-state index is 0.382. The molecular weight excluding hydrogens is 278 g/mol. The van der Waals surface area contributed by atoms with Crippen molar-refractivity contribution in [2.24, 2.45) is 0 Å². The smallest absolute Gasteiger partial charge is 0.128 e. The van der Waals surface area contributed by atoms with E-state index in [2.05, 4.69) is 65.4 Å². The van der Waals surface area contributed by atoms with Crippen molar-refractivity contribution in [2.75, 3.05) is 29.1 Å². The normalized spacial score (nSPS) is 16.6. The van der Waals surface area contributed by atoms with Gasteiger partial charge in [-0.25, -0.2) is 4.98 Å². The van der Waals surface area contributed by atoms with Gasteiger partial charge >= 0.3 is 0 Å². The first kappa shape index (κ1) is 14.3. The number of thioether (sulfide) groups is 1. The number of hydrogen-bond donors (Lipinski definition) is 1. The molecule has 2 heterocycles. The van der Waals surface area contributed by atoms with Gasteiger partial charge in [0.1, 0.15) is 5.82 Å². The zero-order valence-electron chi connectivity index (χ0n) is 12.5. The molecule has 1 unspecified atom stereocenters. The maximum Gasteiger partial charge on any atom is 0.128 e. The Bertz CT molecular complexity index is 593. The first-order valence-corrected chi connectivity index (χ1v) is 8.49. The van der Waals surface area contributed by atoms with Crippen LogP contribution in [0.25, 0.3) is 0 Å². The van der Waals surface area contributed by atoms with Crippen LogP contribution < -0.4 is 10.2 Å². The van der Waals surface area contributed by atoms with Crippen molar-refractivity contribution < 1.29 is 0 Å². The highest BCUT2D eigenvalue weighted by Gasteiger charge is 2.22. The van der Waals surface area contributed by atoms with Crippen LogP contribution in [0, 0.1) is 0 Å². The summed E-state index contributed by atoms with van der Waals surface area (Å²) in [6.07, 6.45) is 1.94. The number of rotatable bonds is 5. The van der Waals surface area contributed by atoms with Gasteiger partial charge in [-0.05, 0) is 37.6 Å². The van der Waals surface area contributed by atoms with Gasteiger partial charge in [0.2, 0.25) is 0 Å². The number of aromatic nitrogens is 1. The van der Waals surface area contributed by atoms with E-state index in [1.165, 1.54) is 10.5 Å². The van der Waals surface area contributed by atoms with Gasteiger partial charge in [-0.2, -0.15) is 0 Å². The van der Waals surface area contributed by atoms with E-state index in [-0.39, 0.29) is 0 Å². The molecule has 2 aromatic rings. The molecule has 110 valence electrons. The summed E-state index contributed by atoms with van der Waals surface area (Å²) in [5.74, 6) is 2.13. The molecule has 0 radical (unpaired) electrons. The van der Waals surface area contributed by atoms with Gasteiger partial charge in [0.25, 0.3) is 0 Å². The van der Waals surface area contributed by atoms with Gasteiger partial charge in [-0.1, -0.05) is 18.2 Å². The Labute approximate surface area is 130 Å². The standard InChI is InChI=1S/C17H21N3S/c1-3-20(4-2)17-10-9-13(11-18-17)19-15-12-21-16-8-6-5-7-14(15)16/h5-11,15,19H,3-4,12H2,1-2H3. The molecule has 0 fully saturated rings. The summed E-state index contributed by atoms with van der Waals surface area (Å²) >= 11 is 1.92. The molecule has 0 saturated heterocycles. The second-order valence-corrected chi connectivity index (χ2v) is 6.18. The van der Waals surface area contributed by atoms with E-state index < -0.39 is 0 Å². The number of benzene rings is 1. The molecule has 1 atom stereocenters. The molecule has 0 aliphatic carbocycles. The van der Waals surface area contributed by atoms with Crippen LogP contribution in [0.2, 0.25) is 0 Å². The van der Waals surface area contributed by atoms with Crippen molar-refractivity contribution in [3.63, 3.8) is 0 Å². The van der Waals surface area contributed by atoms with Crippen LogP contribution >= 0.6 is 11.8 Å². The lowest BCUT2D eigenvalue weighted by Gasteiger charge is -2.20. The summed E-state index contributed by atoms with van der Waals surface area (Å²) in [6, 6.07) is 13.2. The molecule has 3 rings (SSSR count). The second-order valence-electron chi connectivity index (χ2n) is 5.12. The van der Waals surface area contributed by atoms with Gasteiger partial charge in [0, 0.05) is 23.7 Å².